The van der Waals surface area contributed by atoms with Gasteiger partial charge in [-0.1, -0.05) is 24.3 Å². The van der Waals surface area contributed by atoms with Crippen molar-refractivity contribution in [3.8, 4) is 5.69 Å². The third-order valence-electron chi connectivity index (χ3n) is 5.17. The Bertz CT molecular complexity index is 1080. The van der Waals surface area contributed by atoms with Crippen molar-refractivity contribution < 1.29 is 4.79 Å². The highest BCUT2D eigenvalue weighted by Gasteiger charge is 2.27. The van der Waals surface area contributed by atoms with Gasteiger partial charge in [0.15, 0.2) is 0 Å². The molecule has 1 aliphatic heterocycles. The topological polar surface area (TPSA) is 76.8 Å². The SMILES string of the molecule is O=C(c1ccccc1-n1cnnn1)N1CCC(c2nc3ccccc3s2)CC1. The molecule has 4 aromatic rings. The van der Waals surface area contributed by atoms with E-state index in [1.54, 1.807) is 11.3 Å². The van der Waals surface area contributed by atoms with Gasteiger partial charge in [-0.3, -0.25) is 4.79 Å². The summed E-state index contributed by atoms with van der Waals surface area (Å²) in [7, 11) is 0. The molecule has 0 radical (unpaired) electrons. The van der Waals surface area contributed by atoms with Crippen molar-refractivity contribution in [2.45, 2.75) is 18.8 Å². The van der Waals surface area contributed by atoms with Gasteiger partial charge in [0.2, 0.25) is 0 Å². The number of para-hydroxylation sites is 2. The maximum atomic E-state index is 13.1. The van der Waals surface area contributed by atoms with Crippen molar-refractivity contribution in [2.24, 2.45) is 0 Å². The molecule has 7 nitrogen and oxygen atoms in total. The fraction of sp³-hybridized carbons (Fsp3) is 0.250. The van der Waals surface area contributed by atoms with Crippen LogP contribution in [-0.4, -0.2) is 49.1 Å². The lowest BCUT2D eigenvalue weighted by Crippen LogP contribution is -2.38. The van der Waals surface area contributed by atoms with Gasteiger partial charge in [-0.05, 0) is 47.5 Å². The third kappa shape index (κ3) is 3.05. The molecule has 1 saturated heterocycles. The third-order valence-corrected chi connectivity index (χ3v) is 6.37. The number of likely N-dealkylation sites (tertiary alicyclic amines) is 1. The number of fused-ring (bicyclic) bond motifs is 1. The Hall–Kier alpha value is -3.13. The Kier molecular flexibility index (Phi) is 4.32. The maximum Gasteiger partial charge on any atom is 0.256 e. The summed E-state index contributed by atoms with van der Waals surface area (Å²) in [5.74, 6) is 0.435. The lowest BCUT2D eigenvalue weighted by molar-refractivity contribution is 0.0713. The summed E-state index contributed by atoms with van der Waals surface area (Å²) >= 11 is 1.77. The van der Waals surface area contributed by atoms with Gasteiger partial charge in [0.1, 0.15) is 6.33 Å². The van der Waals surface area contributed by atoms with Gasteiger partial charge in [0, 0.05) is 19.0 Å². The van der Waals surface area contributed by atoms with Gasteiger partial charge < -0.3 is 4.90 Å². The molecule has 2 aromatic carbocycles. The smallest absolute Gasteiger partial charge is 0.256 e. The van der Waals surface area contributed by atoms with E-state index in [0.717, 1.165) is 31.4 Å². The van der Waals surface area contributed by atoms with Crippen LogP contribution in [0.3, 0.4) is 0 Å². The van der Waals surface area contributed by atoms with E-state index in [9.17, 15) is 4.79 Å². The van der Waals surface area contributed by atoms with E-state index in [2.05, 4.69) is 27.7 Å². The maximum absolute atomic E-state index is 13.1. The van der Waals surface area contributed by atoms with Crippen molar-refractivity contribution in [3.05, 3.63) is 65.4 Å². The van der Waals surface area contributed by atoms with Crippen molar-refractivity contribution in [1.82, 2.24) is 30.1 Å². The van der Waals surface area contributed by atoms with E-state index in [1.165, 1.54) is 20.7 Å². The fourth-order valence-corrected chi connectivity index (χ4v) is 4.83. The van der Waals surface area contributed by atoms with Crippen LogP contribution in [0.1, 0.15) is 34.1 Å². The minimum atomic E-state index is 0.0221. The Balaban J connectivity index is 1.33. The first kappa shape index (κ1) is 17.0. The summed E-state index contributed by atoms with van der Waals surface area (Å²) < 4.78 is 2.76. The molecule has 0 unspecified atom stereocenters. The first-order valence-corrected chi connectivity index (χ1v) is 10.1. The number of tetrazole rings is 1. The molecule has 0 bridgehead atoms. The van der Waals surface area contributed by atoms with Crippen molar-refractivity contribution in [3.63, 3.8) is 0 Å². The molecule has 0 spiro atoms. The average Bonchev–Trinajstić information content (AvgIpc) is 3.43. The fourth-order valence-electron chi connectivity index (χ4n) is 3.69. The molecule has 1 aliphatic rings. The number of nitrogens with zero attached hydrogens (tertiary/aromatic N) is 6. The van der Waals surface area contributed by atoms with Crippen LogP contribution in [0.5, 0.6) is 0 Å². The Morgan fingerprint density at radius 1 is 1.04 bits per heavy atom. The second-order valence-corrected chi connectivity index (χ2v) is 7.92. The number of hydrogen-bond acceptors (Lipinski definition) is 6. The molecule has 140 valence electrons. The van der Waals surface area contributed by atoms with Crippen LogP contribution in [-0.2, 0) is 0 Å². The van der Waals surface area contributed by atoms with Crippen LogP contribution in [0.2, 0.25) is 0 Å². The minimum Gasteiger partial charge on any atom is -0.339 e. The summed E-state index contributed by atoms with van der Waals surface area (Å²) in [6.45, 7) is 1.45. The van der Waals surface area contributed by atoms with Crippen LogP contribution >= 0.6 is 11.3 Å². The van der Waals surface area contributed by atoms with Crippen LogP contribution in [0, 0.1) is 0 Å². The van der Waals surface area contributed by atoms with Gasteiger partial charge in [-0.2, -0.15) is 4.68 Å². The van der Waals surface area contributed by atoms with E-state index in [1.807, 2.05) is 41.3 Å². The first-order valence-electron chi connectivity index (χ1n) is 9.27. The average molecular weight is 390 g/mol. The molecule has 3 heterocycles. The molecule has 1 amide bonds. The van der Waals surface area contributed by atoms with Crippen molar-refractivity contribution >= 4 is 27.5 Å². The largest absolute Gasteiger partial charge is 0.339 e. The molecule has 5 rings (SSSR count). The molecule has 0 saturated carbocycles. The minimum absolute atomic E-state index is 0.0221. The number of carbonyl (C=O) groups is 1. The predicted molar refractivity (Wildman–Crippen MR) is 107 cm³/mol. The number of rotatable bonds is 3. The second-order valence-electron chi connectivity index (χ2n) is 6.86. The molecule has 0 aliphatic carbocycles. The van der Waals surface area contributed by atoms with Gasteiger partial charge in [-0.15, -0.1) is 16.4 Å². The first-order chi connectivity index (χ1) is 13.8. The standard InChI is InChI=1S/C20H18N6OS/c27-20(15-5-1-3-7-17(15)26-13-21-23-24-26)25-11-9-14(10-12-25)19-22-16-6-2-4-8-18(16)28-19/h1-8,13-14H,9-12H2. The van der Waals surface area contributed by atoms with Gasteiger partial charge in [0.05, 0.1) is 26.5 Å². The van der Waals surface area contributed by atoms with E-state index in [4.69, 9.17) is 4.98 Å². The number of piperidine rings is 1. The summed E-state index contributed by atoms with van der Waals surface area (Å²) in [6, 6.07) is 15.7. The number of hydrogen-bond donors (Lipinski definition) is 0. The predicted octanol–water partition coefficient (Wildman–Crippen LogP) is 3.29. The number of amides is 1. The van der Waals surface area contributed by atoms with Gasteiger partial charge in [-0.25, -0.2) is 4.98 Å². The van der Waals surface area contributed by atoms with Crippen LogP contribution in [0.4, 0.5) is 0 Å². The highest BCUT2D eigenvalue weighted by atomic mass is 32.1. The molecule has 28 heavy (non-hydrogen) atoms. The number of carbonyl (C=O) groups excluding carboxylic acids is 1. The van der Waals surface area contributed by atoms with Gasteiger partial charge in [0.25, 0.3) is 5.91 Å². The molecule has 0 atom stereocenters. The highest BCUT2D eigenvalue weighted by molar-refractivity contribution is 7.18. The summed E-state index contributed by atoms with van der Waals surface area (Å²) in [6.07, 6.45) is 3.36. The molecular weight excluding hydrogens is 372 g/mol. The number of thiazole rings is 1. The molecule has 2 aromatic heterocycles. The quantitative estimate of drug-likeness (QED) is 0.536. The molecule has 1 fully saturated rings. The lowest BCUT2D eigenvalue weighted by atomic mass is 9.97. The van der Waals surface area contributed by atoms with Crippen molar-refractivity contribution in [1.29, 1.82) is 0 Å². The highest BCUT2D eigenvalue weighted by Crippen LogP contribution is 2.34. The Morgan fingerprint density at radius 3 is 2.61 bits per heavy atom. The molecule has 0 N–H and O–H groups in total. The number of aromatic nitrogens is 5. The van der Waals surface area contributed by atoms with E-state index in [-0.39, 0.29) is 5.91 Å². The summed E-state index contributed by atoms with van der Waals surface area (Å²) in [4.78, 5) is 19.9. The monoisotopic (exact) mass is 390 g/mol. The van der Waals surface area contributed by atoms with E-state index < -0.39 is 0 Å². The van der Waals surface area contributed by atoms with Gasteiger partial charge >= 0.3 is 0 Å². The van der Waals surface area contributed by atoms with E-state index >= 15 is 0 Å². The van der Waals surface area contributed by atoms with E-state index in [0.29, 0.717) is 17.2 Å². The number of benzene rings is 2. The second kappa shape index (κ2) is 7.12. The molecule has 8 heteroatoms. The zero-order valence-electron chi connectivity index (χ0n) is 15.1. The van der Waals surface area contributed by atoms with Crippen LogP contribution < -0.4 is 0 Å². The Labute approximate surface area is 165 Å². The lowest BCUT2D eigenvalue weighted by Gasteiger charge is -2.31. The summed E-state index contributed by atoms with van der Waals surface area (Å²) in [5, 5.41) is 12.5. The van der Waals surface area contributed by atoms with Crippen LogP contribution in [0.25, 0.3) is 15.9 Å². The van der Waals surface area contributed by atoms with Crippen LogP contribution in [0.15, 0.2) is 54.9 Å². The summed E-state index contributed by atoms with van der Waals surface area (Å²) in [5.41, 5.74) is 2.38. The Morgan fingerprint density at radius 2 is 1.82 bits per heavy atom. The zero-order valence-corrected chi connectivity index (χ0v) is 15.9. The normalized spacial score (nSPS) is 15.2. The van der Waals surface area contributed by atoms with Crippen molar-refractivity contribution in [2.75, 3.05) is 13.1 Å². The molecular formula is C20H18N6OS. The zero-order chi connectivity index (χ0) is 18.9.